The van der Waals surface area contributed by atoms with Crippen LogP contribution in [0.3, 0.4) is 0 Å². The minimum Gasteiger partial charge on any atom is -0.320 e. The van der Waals surface area contributed by atoms with Gasteiger partial charge in [-0.1, -0.05) is 12.1 Å². The van der Waals surface area contributed by atoms with Crippen molar-refractivity contribution >= 4 is 23.2 Å². The van der Waals surface area contributed by atoms with Gasteiger partial charge >= 0.3 is 12.1 Å². The van der Waals surface area contributed by atoms with Crippen LogP contribution in [0, 0.1) is 0 Å². The van der Waals surface area contributed by atoms with Gasteiger partial charge in [0.05, 0.1) is 16.9 Å². The molecule has 0 aliphatic heterocycles. The third-order valence-corrected chi connectivity index (χ3v) is 2.60. The van der Waals surface area contributed by atoms with E-state index in [9.17, 15) is 22.8 Å². The van der Waals surface area contributed by atoms with Crippen LogP contribution in [0.2, 0.25) is 0 Å². The number of alkyl halides is 3. The second-order valence-electron chi connectivity index (χ2n) is 4.19. The van der Waals surface area contributed by atoms with Crippen molar-refractivity contribution in [1.82, 2.24) is 4.98 Å². The van der Waals surface area contributed by atoms with Gasteiger partial charge < -0.3 is 10.6 Å². The number of hydrogen-bond acceptors (Lipinski definition) is 3. The largest absolute Gasteiger partial charge is 0.471 e. The number of benzene rings is 1. The molecule has 0 unspecified atom stereocenters. The Kier molecular flexibility index (Phi) is 4.40. The maximum Gasteiger partial charge on any atom is 0.471 e. The van der Waals surface area contributed by atoms with Gasteiger partial charge in [0.25, 0.3) is 5.91 Å². The van der Waals surface area contributed by atoms with Crippen LogP contribution in [-0.4, -0.2) is 23.0 Å². The molecule has 114 valence electrons. The van der Waals surface area contributed by atoms with Crippen molar-refractivity contribution in [2.45, 2.75) is 6.18 Å². The summed E-state index contributed by atoms with van der Waals surface area (Å²) < 4.78 is 36.9. The quantitative estimate of drug-likeness (QED) is 0.916. The van der Waals surface area contributed by atoms with E-state index >= 15 is 0 Å². The molecule has 2 amide bonds. The summed E-state index contributed by atoms with van der Waals surface area (Å²) in [5.74, 6) is -2.67. The zero-order chi connectivity index (χ0) is 16.2. The zero-order valence-corrected chi connectivity index (χ0v) is 11.0. The van der Waals surface area contributed by atoms with E-state index in [-0.39, 0.29) is 16.9 Å². The van der Waals surface area contributed by atoms with Crippen LogP contribution < -0.4 is 10.6 Å². The summed E-state index contributed by atoms with van der Waals surface area (Å²) in [6, 6.07) is 8.63. The van der Waals surface area contributed by atoms with Gasteiger partial charge in [-0.05, 0) is 24.3 Å². The minimum absolute atomic E-state index is 0.0500. The molecule has 0 radical (unpaired) electrons. The number of anilines is 2. The van der Waals surface area contributed by atoms with Gasteiger partial charge in [-0.2, -0.15) is 13.2 Å². The van der Waals surface area contributed by atoms with Crippen LogP contribution in [0.25, 0.3) is 0 Å². The lowest BCUT2D eigenvalue weighted by atomic mass is 10.2. The van der Waals surface area contributed by atoms with Crippen LogP contribution in [0.1, 0.15) is 10.4 Å². The number of nitrogens with zero attached hydrogens (tertiary/aromatic N) is 1. The molecule has 2 aromatic rings. The molecule has 2 rings (SSSR count). The Morgan fingerprint density at radius 2 is 1.59 bits per heavy atom. The number of rotatable bonds is 3. The van der Waals surface area contributed by atoms with E-state index in [1.807, 2.05) is 0 Å². The molecule has 0 bridgehead atoms. The highest BCUT2D eigenvalue weighted by Crippen LogP contribution is 2.24. The van der Waals surface area contributed by atoms with Crippen molar-refractivity contribution < 1.29 is 22.8 Å². The predicted molar refractivity (Wildman–Crippen MR) is 73.3 cm³/mol. The Bertz CT molecular complexity index is 687. The summed E-state index contributed by atoms with van der Waals surface area (Å²) in [7, 11) is 0. The first-order valence-corrected chi connectivity index (χ1v) is 6.06. The Labute approximate surface area is 123 Å². The number of nitrogens with one attached hydrogen (secondary N) is 2. The van der Waals surface area contributed by atoms with Crippen LogP contribution >= 0.6 is 0 Å². The first-order chi connectivity index (χ1) is 10.4. The fraction of sp³-hybridized carbons (Fsp3) is 0.0714. The molecule has 22 heavy (non-hydrogen) atoms. The van der Waals surface area contributed by atoms with Gasteiger partial charge in [-0.3, -0.25) is 14.6 Å². The number of pyridine rings is 1. The fourth-order valence-electron chi connectivity index (χ4n) is 1.59. The molecule has 0 saturated carbocycles. The number of amides is 2. The van der Waals surface area contributed by atoms with Crippen molar-refractivity contribution in [1.29, 1.82) is 0 Å². The van der Waals surface area contributed by atoms with Gasteiger partial charge in [0.1, 0.15) is 0 Å². The molecule has 0 spiro atoms. The molecule has 1 aromatic heterocycles. The molecule has 0 aliphatic rings. The van der Waals surface area contributed by atoms with E-state index in [0.717, 1.165) is 0 Å². The molecular formula is C14H10F3N3O2. The van der Waals surface area contributed by atoms with Crippen LogP contribution in [-0.2, 0) is 4.79 Å². The van der Waals surface area contributed by atoms with Crippen molar-refractivity contribution in [3.05, 3.63) is 54.4 Å². The number of hydrogen-bond donors (Lipinski definition) is 2. The predicted octanol–water partition coefficient (Wildman–Crippen LogP) is 2.83. The minimum atomic E-state index is -5.01. The molecule has 5 nitrogen and oxygen atoms in total. The van der Waals surface area contributed by atoms with E-state index in [0.29, 0.717) is 0 Å². The molecule has 2 N–H and O–H groups in total. The lowest BCUT2D eigenvalue weighted by molar-refractivity contribution is -0.167. The van der Waals surface area contributed by atoms with Crippen LogP contribution in [0.4, 0.5) is 24.5 Å². The van der Waals surface area contributed by atoms with Crippen LogP contribution in [0.15, 0.2) is 48.8 Å². The third kappa shape index (κ3) is 3.81. The lowest BCUT2D eigenvalue weighted by Crippen LogP contribution is -2.30. The summed E-state index contributed by atoms with van der Waals surface area (Å²) in [5, 5.41) is 4.14. The first kappa shape index (κ1) is 15.5. The zero-order valence-electron chi connectivity index (χ0n) is 11.0. The SMILES string of the molecule is O=C(Nc1ccccc1NC(=O)C(F)(F)F)c1cccnc1. The highest BCUT2D eigenvalue weighted by molar-refractivity contribution is 6.07. The molecular weight excluding hydrogens is 299 g/mol. The molecule has 8 heteroatoms. The Morgan fingerprint density at radius 3 is 2.14 bits per heavy atom. The van der Waals surface area contributed by atoms with Gasteiger partial charge in [-0.25, -0.2) is 0 Å². The van der Waals surface area contributed by atoms with E-state index in [2.05, 4.69) is 10.3 Å². The van der Waals surface area contributed by atoms with Crippen molar-refractivity contribution in [2.24, 2.45) is 0 Å². The highest BCUT2D eigenvalue weighted by Gasteiger charge is 2.39. The van der Waals surface area contributed by atoms with Gasteiger partial charge in [-0.15, -0.1) is 0 Å². The van der Waals surface area contributed by atoms with Gasteiger partial charge in [0.2, 0.25) is 0 Å². The maximum absolute atomic E-state index is 12.3. The van der Waals surface area contributed by atoms with Crippen molar-refractivity contribution in [3.63, 3.8) is 0 Å². The summed E-state index contributed by atoms with van der Waals surface area (Å²) in [4.78, 5) is 26.7. The third-order valence-electron chi connectivity index (χ3n) is 2.60. The lowest BCUT2D eigenvalue weighted by Gasteiger charge is -2.13. The normalized spacial score (nSPS) is 10.9. The van der Waals surface area contributed by atoms with E-state index in [4.69, 9.17) is 0 Å². The number of aromatic nitrogens is 1. The number of halogens is 3. The van der Waals surface area contributed by atoms with Gasteiger partial charge in [0.15, 0.2) is 0 Å². The smallest absolute Gasteiger partial charge is 0.320 e. The Balaban J connectivity index is 2.19. The van der Waals surface area contributed by atoms with Gasteiger partial charge in [0, 0.05) is 12.4 Å². The summed E-state index contributed by atoms with van der Waals surface area (Å²) in [6.07, 6.45) is -2.22. The molecule has 0 atom stereocenters. The summed E-state index contributed by atoms with van der Waals surface area (Å²) in [6.45, 7) is 0. The number of carbonyl (C=O) groups is 2. The Hall–Kier alpha value is -2.90. The topological polar surface area (TPSA) is 71.1 Å². The standard InChI is InChI=1S/C14H10F3N3O2/c15-14(16,17)13(22)20-11-6-2-1-5-10(11)19-12(21)9-4-3-7-18-8-9/h1-8H,(H,19,21)(H,20,22). The van der Waals surface area contributed by atoms with E-state index in [1.165, 1.54) is 42.7 Å². The molecule has 0 aliphatic carbocycles. The van der Waals surface area contributed by atoms with Crippen molar-refractivity contribution in [3.8, 4) is 0 Å². The number of carbonyl (C=O) groups excluding carboxylic acids is 2. The summed E-state index contributed by atoms with van der Waals surface area (Å²) >= 11 is 0. The molecule has 1 heterocycles. The molecule has 0 fully saturated rings. The molecule has 1 aromatic carbocycles. The maximum atomic E-state index is 12.3. The fourth-order valence-corrected chi connectivity index (χ4v) is 1.59. The van der Waals surface area contributed by atoms with E-state index < -0.39 is 18.0 Å². The second-order valence-corrected chi connectivity index (χ2v) is 4.19. The average molecular weight is 309 g/mol. The number of para-hydroxylation sites is 2. The molecule has 0 saturated heterocycles. The monoisotopic (exact) mass is 309 g/mol. The highest BCUT2D eigenvalue weighted by atomic mass is 19.4. The summed E-state index contributed by atoms with van der Waals surface area (Å²) in [5.41, 5.74) is 0.135. The van der Waals surface area contributed by atoms with E-state index in [1.54, 1.807) is 11.4 Å². The first-order valence-electron chi connectivity index (χ1n) is 6.06. The average Bonchev–Trinajstić information content (AvgIpc) is 2.49. The van der Waals surface area contributed by atoms with Crippen molar-refractivity contribution in [2.75, 3.05) is 10.6 Å². The Morgan fingerprint density at radius 1 is 0.955 bits per heavy atom. The second kappa shape index (κ2) is 6.25. The van der Waals surface area contributed by atoms with Crippen LogP contribution in [0.5, 0.6) is 0 Å².